The molecule has 0 aliphatic rings. The van der Waals surface area contributed by atoms with Gasteiger partial charge in [-0.15, -0.1) is 0 Å². The lowest BCUT2D eigenvalue weighted by Gasteiger charge is -2.10. The zero-order valence-corrected chi connectivity index (χ0v) is 14.6. The fourth-order valence-corrected chi connectivity index (χ4v) is 2.16. The van der Waals surface area contributed by atoms with Crippen molar-refractivity contribution in [3.8, 4) is 11.5 Å². The molecule has 2 aromatic rings. The normalized spacial score (nSPS) is 10.5. The van der Waals surface area contributed by atoms with Crippen molar-refractivity contribution in [1.82, 2.24) is 0 Å². The zero-order chi connectivity index (χ0) is 18.2. The van der Waals surface area contributed by atoms with Gasteiger partial charge in [0.2, 0.25) is 0 Å². The highest BCUT2D eigenvalue weighted by molar-refractivity contribution is 6.30. The van der Waals surface area contributed by atoms with Crippen molar-refractivity contribution in [2.45, 2.75) is 6.42 Å². The van der Waals surface area contributed by atoms with Gasteiger partial charge < -0.3 is 14.2 Å². The van der Waals surface area contributed by atoms with Crippen molar-refractivity contribution in [3.05, 3.63) is 64.7 Å². The van der Waals surface area contributed by atoms with Crippen LogP contribution in [0.1, 0.15) is 11.1 Å². The summed E-state index contributed by atoms with van der Waals surface area (Å²) in [5, 5.41) is 0.606. The Morgan fingerprint density at radius 2 is 1.76 bits per heavy atom. The average molecular weight is 361 g/mol. The number of hydrogen-bond donors (Lipinski definition) is 0. The average Bonchev–Trinajstić information content (AvgIpc) is 2.62. The monoisotopic (exact) mass is 360 g/mol. The van der Waals surface area contributed by atoms with Crippen LogP contribution in [0, 0.1) is 0 Å². The van der Waals surface area contributed by atoms with Crippen LogP contribution in [-0.4, -0.2) is 26.2 Å². The molecule has 0 unspecified atom stereocenters. The summed E-state index contributed by atoms with van der Waals surface area (Å²) in [6.45, 7) is 0. The highest BCUT2D eigenvalue weighted by Gasteiger charge is 2.11. The number of benzene rings is 2. The van der Waals surface area contributed by atoms with Crippen molar-refractivity contribution < 1.29 is 23.8 Å². The lowest BCUT2D eigenvalue weighted by Crippen LogP contribution is -2.11. The predicted molar refractivity (Wildman–Crippen MR) is 94.8 cm³/mol. The van der Waals surface area contributed by atoms with Gasteiger partial charge >= 0.3 is 11.9 Å². The van der Waals surface area contributed by atoms with Crippen molar-refractivity contribution in [2.24, 2.45) is 0 Å². The van der Waals surface area contributed by atoms with Gasteiger partial charge in [0.15, 0.2) is 11.5 Å². The molecule has 0 aromatic heterocycles. The fourth-order valence-electron chi connectivity index (χ4n) is 2.03. The van der Waals surface area contributed by atoms with Crippen molar-refractivity contribution in [2.75, 3.05) is 14.2 Å². The predicted octanol–water partition coefficient (Wildman–Crippen LogP) is 3.68. The molecular weight excluding hydrogens is 344 g/mol. The van der Waals surface area contributed by atoms with Crippen LogP contribution in [0.15, 0.2) is 48.5 Å². The number of halogens is 1. The fraction of sp³-hybridized carbons (Fsp3) is 0.158. The van der Waals surface area contributed by atoms with Crippen LogP contribution in [0.4, 0.5) is 0 Å². The third-order valence-electron chi connectivity index (χ3n) is 3.29. The number of methoxy groups -OCH3 is 2. The topological polar surface area (TPSA) is 61.8 Å². The summed E-state index contributed by atoms with van der Waals surface area (Å²) in [4.78, 5) is 23.2. The number of rotatable bonds is 6. The van der Waals surface area contributed by atoms with Gasteiger partial charge in [-0.2, -0.15) is 0 Å². The number of carbonyl (C=O) groups excluding carboxylic acids is 2. The Morgan fingerprint density at radius 1 is 1.04 bits per heavy atom. The van der Waals surface area contributed by atoms with E-state index in [9.17, 15) is 9.59 Å². The summed E-state index contributed by atoms with van der Waals surface area (Å²) in [6.07, 6.45) is 2.99. The second-order valence-electron chi connectivity index (χ2n) is 5.04. The minimum Gasteiger partial charge on any atom is -0.493 e. The molecule has 5 nitrogen and oxygen atoms in total. The Balaban J connectivity index is 2.08. The molecule has 2 rings (SSSR count). The summed E-state index contributed by atoms with van der Waals surface area (Å²) in [7, 11) is 2.77. The molecule has 0 amide bonds. The van der Waals surface area contributed by atoms with Crippen LogP contribution >= 0.6 is 11.6 Å². The first kappa shape index (κ1) is 18.5. The maximum atomic E-state index is 12.1. The van der Waals surface area contributed by atoms with E-state index in [0.717, 1.165) is 5.56 Å². The lowest BCUT2D eigenvalue weighted by molar-refractivity contribution is -0.135. The van der Waals surface area contributed by atoms with Crippen molar-refractivity contribution >= 4 is 29.6 Å². The SMILES string of the molecule is COC(=O)/C=C/c1ccc(OC(=O)Cc2ccc(Cl)cc2)c(OC)c1. The Morgan fingerprint density at radius 3 is 2.40 bits per heavy atom. The van der Waals surface area contributed by atoms with E-state index < -0.39 is 11.9 Å². The Kier molecular flexibility index (Phi) is 6.60. The first-order valence-corrected chi connectivity index (χ1v) is 7.79. The summed E-state index contributed by atoms with van der Waals surface area (Å²) >= 11 is 5.82. The number of hydrogen-bond acceptors (Lipinski definition) is 5. The highest BCUT2D eigenvalue weighted by Crippen LogP contribution is 2.29. The van der Waals surface area contributed by atoms with Crippen LogP contribution in [0.25, 0.3) is 6.08 Å². The van der Waals surface area contributed by atoms with Crippen LogP contribution < -0.4 is 9.47 Å². The molecule has 130 valence electrons. The maximum absolute atomic E-state index is 12.1. The Bertz CT molecular complexity index is 781. The van der Waals surface area contributed by atoms with Gasteiger partial charge in [-0.1, -0.05) is 29.8 Å². The molecule has 0 saturated carbocycles. The molecule has 2 aromatic carbocycles. The molecule has 25 heavy (non-hydrogen) atoms. The van der Waals surface area contributed by atoms with E-state index in [0.29, 0.717) is 22.1 Å². The second kappa shape index (κ2) is 8.89. The summed E-state index contributed by atoms with van der Waals surface area (Å²) in [6, 6.07) is 11.9. The van der Waals surface area contributed by atoms with Gasteiger partial charge in [0.25, 0.3) is 0 Å². The molecular formula is C19H17ClO5. The molecule has 0 radical (unpaired) electrons. The first-order chi connectivity index (χ1) is 12.0. The molecule has 0 bridgehead atoms. The highest BCUT2D eigenvalue weighted by atomic mass is 35.5. The van der Waals surface area contributed by atoms with E-state index in [1.807, 2.05) is 0 Å². The smallest absolute Gasteiger partial charge is 0.330 e. The van der Waals surface area contributed by atoms with Gasteiger partial charge in [0.1, 0.15) is 0 Å². The molecule has 0 atom stereocenters. The quantitative estimate of drug-likeness (QED) is 0.446. The largest absolute Gasteiger partial charge is 0.493 e. The van der Waals surface area contributed by atoms with E-state index in [1.54, 1.807) is 48.5 Å². The molecule has 0 saturated heterocycles. The molecule has 0 spiro atoms. The maximum Gasteiger partial charge on any atom is 0.330 e. The van der Waals surface area contributed by atoms with E-state index in [2.05, 4.69) is 4.74 Å². The number of carbonyl (C=O) groups is 2. The summed E-state index contributed by atoms with van der Waals surface area (Å²) < 4.78 is 15.1. The number of esters is 2. The summed E-state index contributed by atoms with van der Waals surface area (Å²) in [5.74, 6) is -0.191. The minimum atomic E-state index is -0.461. The van der Waals surface area contributed by atoms with E-state index in [-0.39, 0.29) is 6.42 Å². The number of ether oxygens (including phenoxy) is 3. The van der Waals surface area contributed by atoms with Crippen LogP contribution in [0.5, 0.6) is 11.5 Å². The van der Waals surface area contributed by atoms with E-state index >= 15 is 0 Å². The first-order valence-electron chi connectivity index (χ1n) is 7.41. The Hall–Kier alpha value is -2.79. The van der Waals surface area contributed by atoms with Crippen LogP contribution in [0.2, 0.25) is 5.02 Å². The van der Waals surface area contributed by atoms with E-state index in [1.165, 1.54) is 20.3 Å². The van der Waals surface area contributed by atoms with Gasteiger partial charge in [0, 0.05) is 11.1 Å². The Labute approximate surface area is 150 Å². The summed E-state index contributed by atoms with van der Waals surface area (Å²) in [5.41, 5.74) is 1.51. The van der Waals surface area contributed by atoms with Crippen LogP contribution in [0.3, 0.4) is 0 Å². The van der Waals surface area contributed by atoms with Gasteiger partial charge in [-0.05, 0) is 41.5 Å². The molecule has 0 fully saturated rings. The molecule has 6 heteroatoms. The third kappa shape index (κ3) is 5.65. The molecule has 0 N–H and O–H groups in total. The lowest BCUT2D eigenvalue weighted by atomic mass is 10.1. The second-order valence-corrected chi connectivity index (χ2v) is 5.48. The molecule has 0 heterocycles. The van der Waals surface area contributed by atoms with Crippen molar-refractivity contribution in [3.63, 3.8) is 0 Å². The van der Waals surface area contributed by atoms with E-state index in [4.69, 9.17) is 21.1 Å². The molecule has 0 aliphatic heterocycles. The van der Waals surface area contributed by atoms with Gasteiger partial charge in [-0.3, -0.25) is 4.79 Å². The van der Waals surface area contributed by atoms with Gasteiger partial charge in [-0.25, -0.2) is 4.79 Å². The minimum absolute atomic E-state index is 0.115. The molecule has 0 aliphatic carbocycles. The zero-order valence-electron chi connectivity index (χ0n) is 13.8. The van der Waals surface area contributed by atoms with Crippen LogP contribution in [-0.2, 0) is 20.7 Å². The third-order valence-corrected chi connectivity index (χ3v) is 3.54. The van der Waals surface area contributed by atoms with Gasteiger partial charge in [0.05, 0.1) is 20.6 Å². The van der Waals surface area contributed by atoms with Crippen molar-refractivity contribution in [1.29, 1.82) is 0 Å². The standard InChI is InChI=1S/C19H17ClO5/c1-23-17-11-13(6-10-18(21)24-2)5-9-16(17)25-19(22)12-14-3-7-15(20)8-4-14/h3-11H,12H2,1-2H3/b10-6+.